The second-order valence-electron chi connectivity index (χ2n) is 5.76. The highest BCUT2D eigenvalue weighted by Crippen LogP contribution is 2.18. The van der Waals surface area contributed by atoms with Gasteiger partial charge in [-0.2, -0.15) is 0 Å². The highest BCUT2D eigenvalue weighted by atomic mass is 16.1. The molecule has 1 unspecified atom stereocenters. The second kappa shape index (κ2) is 14.7. The van der Waals surface area contributed by atoms with E-state index in [1.807, 2.05) is 6.29 Å². The Morgan fingerprint density at radius 2 is 1.28 bits per heavy atom. The lowest BCUT2D eigenvalue weighted by Crippen LogP contribution is -1.95. The number of rotatable bonds is 14. The minimum atomic E-state index is 0.632. The first-order valence-corrected chi connectivity index (χ1v) is 8.16. The fourth-order valence-corrected chi connectivity index (χ4v) is 2.46. The molecule has 0 aliphatic heterocycles. The van der Waals surface area contributed by atoms with Crippen LogP contribution in [0.25, 0.3) is 0 Å². The molecule has 0 saturated heterocycles. The summed E-state index contributed by atoms with van der Waals surface area (Å²) in [4.78, 5) is 10.0. The molecule has 0 aromatic heterocycles. The molecular weight excluding hydrogens is 220 g/mol. The topological polar surface area (TPSA) is 17.1 Å². The molecule has 1 atom stereocenters. The van der Waals surface area contributed by atoms with Crippen LogP contribution in [0.2, 0.25) is 0 Å². The third kappa shape index (κ3) is 13.7. The van der Waals surface area contributed by atoms with Crippen molar-refractivity contribution in [1.29, 1.82) is 0 Å². The summed E-state index contributed by atoms with van der Waals surface area (Å²) in [5.41, 5.74) is 0. The van der Waals surface area contributed by atoms with Crippen LogP contribution in [0.4, 0.5) is 0 Å². The van der Waals surface area contributed by atoms with Crippen LogP contribution in [0.5, 0.6) is 0 Å². The smallest absolute Gasteiger partial charge is 0.198 e. The Morgan fingerprint density at radius 3 is 1.83 bits per heavy atom. The second-order valence-corrected chi connectivity index (χ2v) is 5.76. The Bertz CT molecular complexity index is 165. The van der Waals surface area contributed by atoms with Crippen LogP contribution in [-0.2, 0) is 4.79 Å². The zero-order chi connectivity index (χ0) is 13.5. The highest BCUT2D eigenvalue weighted by Gasteiger charge is 2.01. The van der Waals surface area contributed by atoms with Crippen molar-refractivity contribution in [1.82, 2.24) is 0 Å². The van der Waals surface area contributed by atoms with Gasteiger partial charge in [-0.15, -0.1) is 0 Å². The first-order chi connectivity index (χ1) is 8.81. The molecule has 1 heteroatoms. The minimum Gasteiger partial charge on any atom is -0.291 e. The Morgan fingerprint density at radius 1 is 0.778 bits per heavy atom. The van der Waals surface area contributed by atoms with Gasteiger partial charge in [-0.25, -0.2) is 0 Å². The van der Waals surface area contributed by atoms with Gasteiger partial charge in [0, 0.05) is 6.42 Å². The summed E-state index contributed by atoms with van der Waals surface area (Å²) in [5, 5.41) is 0. The Hall–Kier alpha value is -0.330. The van der Waals surface area contributed by atoms with Crippen LogP contribution >= 0.6 is 0 Å². The maximum atomic E-state index is 10.0. The zero-order valence-corrected chi connectivity index (χ0v) is 12.7. The average molecular weight is 253 g/mol. The molecule has 0 aliphatic carbocycles. The molecule has 0 bridgehead atoms. The van der Waals surface area contributed by atoms with Gasteiger partial charge >= 0.3 is 0 Å². The van der Waals surface area contributed by atoms with E-state index in [-0.39, 0.29) is 0 Å². The fraction of sp³-hybridized carbons (Fsp3) is 0.941. The molecule has 0 aliphatic rings. The lowest BCUT2D eigenvalue weighted by Gasteiger charge is -2.10. The highest BCUT2D eigenvalue weighted by molar-refractivity contribution is 5.50. The average Bonchev–Trinajstić information content (AvgIpc) is 2.38. The first kappa shape index (κ1) is 17.7. The molecule has 107 valence electrons. The molecule has 18 heavy (non-hydrogen) atoms. The SMILES string of the molecule is CCCCCCCCC(C)CCCCCC[C]=O. The number of carbonyl (C=O) groups excluding carboxylic acids is 1. The number of hydrogen-bond acceptors (Lipinski definition) is 1. The molecule has 0 saturated carbocycles. The molecular formula is C17H33O. The monoisotopic (exact) mass is 253 g/mol. The maximum absolute atomic E-state index is 10.0. The number of unbranched alkanes of at least 4 members (excludes halogenated alkanes) is 9. The van der Waals surface area contributed by atoms with Gasteiger partial charge < -0.3 is 0 Å². The van der Waals surface area contributed by atoms with E-state index in [9.17, 15) is 4.79 Å². The van der Waals surface area contributed by atoms with Crippen molar-refractivity contribution in [3.63, 3.8) is 0 Å². The molecule has 0 fully saturated rings. The summed E-state index contributed by atoms with van der Waals surface area (Å²) >= 11 is 0. The largest absolute Gasteiger partial charge is 0.291 e. The van der Waals surface area contributed by atoms with Gasteiger partial charge in [0.15, 0.2) is 6.29 Å². The third-order valence-electron chi connectivity index (χ3n) is 3.78. The summed E-state index contributed by atoms with van der Waals surface area (Å²) in [6.45, 7) is 4.67. The predicted molar refractivity (Wildman–Crippen MR) is 80.6 cm³/mol. The van der Waals surface area contributed by atoms with Crippen LogP contribution in [0.1, 0.15) is 97.3 Å². The van der Waals surface area contributed by atoms with Gasteiger partial charge in [0.05, 0.1) is 0 Å². The van der Waals surface area contributed by atoms with Gasteiger partial charge in [-0.1, -0.05) is 84.5 Å². The maximum Gasteiger partial charge on any atom is 0.198 e. The molecule has 0 N–H and O–H groups in total. The molecule has 1 radical (unpaired) electrons. The van der Waals surface area contributed by atoms with Gasteiger partial charge in [0.1, 0.15) is 0 Å². The van der Waals surface area contributed by atoms with E-state index in [1.165, 1.54) is 70.6 Å². The standard InChI is InChI=1S/C17H33O/c1-3-4-5-6-8-11-14-17(2)15-12-9-7-10-13-16-18/h17H,3-15H2,1-2H3. The van der Waals surface area contributed by atoms with E-state index >= 15 is 0 Å². The molecule has 0 rings (SSSR count). The molecule has 0 spiro atoms. The van der Waals surface area contributed by atoms with Crippen molar-refractivity contribution >= 4 is 6.29 Å². The van der Waals surface area contributed by atoms with E-state index in [0.717, 1.165) is 12.3 Å². The quantitative estimate of drug-likeness (QED) is 0.356. The van der Waals surface area contributed by atoms with Crippen LogP contribution in [0.15, 0.2) is 0 Å². The van der Waals surface area contributed by atoms with Gasteiger partial charge in [0.25, 0.3) is 0 Å². The molecule has 0 aromatic carbocycles. The van der Waals surface area contributed by atoms with E-state index < -0.39 is 0 Å². The summed E-state index contributed by atoms with van der Waals surface area (Å²) in [6, 6.07) is 0. The summed E-state index contributed by atoms with van der Waals surface area (Å²) < 4.78 is 0. The predicted octanol–water partition coefficient (Wildman–Crippen LogP) is 5.82. The van der Waals surface area contributed by atoms with E-state index in [2.05, 4.69) is 13.8 Å². The van der Waals surface area contributed by atoms with E-state index in [4.69, 9.17) is 0 Å². The Kier molecular flexibility index (Phi) is 14.5. The molecule has 0 amide bonds. The van der Waals surface area contributed by atoms with E-state index in [1.54, 1.807) is 0 Å². The molecule has 0 aromatic rings. The van der Waals surface area contributed by atoms with Crippen molar-refractivity contribution in [3.05, 3.63) is 0 Å². The third-order valence-corrected chi connectivity index (χ3v) is 3.78. The summed E-state index contributed by atoms with van der Waals surface area (Å²) in [5.74, 6) is 0.897. The van der Waals surface area contributed by atoms with Crippen LogP contribution < -0.4 is 0 Å². The van der Waals surface area contributed by atoms with Crippen molar-refractivity contribution in [2.45, 2.75) is 97.3 Å². The summed E-state index contributed by atoms with van der Waals surface area (Å²) in [6.07, 6.45) is 18.7. The van der Waals surface area contributed by atoms with Crippen LogP contribution in [-0.4, -0.2) is 6.29 Å². The van der Waals surface area contributed by atoms with Crippen molar-refractivity contribution in [2.75, 3.05) is 0 Å². The van der Waals surface area contributed by atoms with Gasteiger partial charge in [-0.05, 0) is 12.3 Å². The van der Waals surface area contributed by atoms with Crippen molar-refractivity contribution in [3.8, 4) is 0 Å². The Labute approximate surface area is 115 Å². The molecule has 1 nitrogen and oxygen atoms in total. The van der Waals surface area contributed by atoms with Crippen LogP contribution in [0, 0.1) is 5.92 Å². The Balaban J connectivity index is 3.12. The van der Waals surface area contributed by atoms with Gasteiger partial charge in [-0.3, -0.25) is 4.79 Å². The van der Waals surface area contributed by atoms with Crippen molar-refractivity contribution < 1.29 is 4.79 Å². The summed E-state index contributed by atoms with van der Waals surface area (Å²) in [7, 11) is 0. The van der Waals surface area contributed by atoms with Crippen molar-refractivity contribution in [2.24, 2.45) is 5.92 Å². The lowest BCUT2D eigenvalue weighted by atomic mass is 9.96. The lowest BCUT2D eigenvalue weighted by molar-refractivity contribution is 0.433. The van der Waals surface area contributed by atoms with E-state index in [0.29, 0.717) is 6.42 Å². The minimum absolute atomic E-state index is 0.632. The zero-order valence-electron chi connectivity index (χ0n) is 12.7. The van der Waals surface area contributed by atoms with Crippen LogP contribution in [0.3, 0.4) is 0 Å². The number of hydrogen-bond donors (Lipinski definition) is 0. The van der Waals surface area contributed by atoms with Gasteiger partial charge in [0.2, 0.25) is 0 Å². The fourth-order valence-electron chi connectivity index (χ4n) is 2.46. The first-order valence-electron chi connectivity index (χ1n) is 8.16. The molecule has 0 heterocycles. The normalized spacial score (nSPS) is 12.6.